The highest BCUT2D eigenvalue weighted by molar-refractivity contribution is 6.18. The Kier molecular flexibility index (Phi) is 7.75. The second-order valence-electron chi connectivity index (χ2n) is 2.85. The summed E-state index contributed by atoms with van der Waals surface area (Å²) in [7, 11) is 0. The topological polar surface area (TPSA) is 95.9 Å². The van der Waals surface area contributed by atoms with Gasteiger partial charge in [0.05, 0.1) is 12.3 Å². The molecule has 0 bridgehead atoms. The molecule has 0 spiro atoms. The number of alkyl halides is 1. The van der Waals surface area contributed by atoms with Gasteiger partial charge in [-0.2, -0.15) is 0 Å². The number of carboxylic acids is 1. The van der Waals surface area contributed by atoms with Crippen LogP contribution in [0.2, 0.25) is 0 Å². The lowest BCUT2D eigenvalue weighted by Gasteiger charge is -2.12. The molecule has 0 saturated carbocycles. The van der Waals surface area contributed by atoms with Crippen molar-refractivity contribution < 1.29 is 24.5 Å². The summed E-state index contributed by atoms with van der Waals surface area (Å²) in [5, 5.41) is 19.6. The Labute approximate surface area is 92.2 Å². The summed E-state index contributed by atoms with van der Waals surface area (Å²) in [5.41, 5.74) is 0. The molecule has 0 aromatic heterocycles. The molecule has 6 nitrogen and oxygen atoms in total. The van der Waals surface area contributed by atoms with Gasteiger partial charge in [-0.25, -0.2) is 4.79 Å². The number of aliphatic hydroxyl groups excluding tert-OH is 1. The third kappa shape index (κ3) is 8.02. The second kappa shape index (κ2) is 8.31. The van der Waals surface area contributed by atoms with Crippen molar-refractivity contribution in [1.82, 2.24) is 5.32 Å². The lowest BCUT2D eigenvalue weighted by atomic mass is 10.1. The average molecular weight is 240 g/mol. The van der Waals surface area contributed by atoms with E-state index in [2.05, 4.69) is 10.1 Å². The largest absolute Gasteiger partial charge is 0.481 e. The number of aliphatic carboxylic acids is 1. The highest BCUT2D eigenvalue weighted by atomic mass is 35.5. The minimum absolute atomic E-state index is 0.0594. The molecule has 0 aliphatic rings. The number of hydrogen-bond donors (Lipinski definition) is 3. The molecule has 0 aromatic carbocycles. The van der Waals surface area contributed by atoms with Gasteiger partial charge in [-0.15, -0.1) is 11.6 Å². The number of nitrogens with one attached hydrogen (secondary N) is 1. The van der Waals surface area contributed by atoms with Crippen LogP contribution < -0.4 is 5.32 Å². The lowest BCUT2D eigenvalue weighted by molar-refractivity contribution is -0.138. The van der Waals surface area contributed by atoms with Gasteiger partial charge >= 0.3 is 12.1 Å². The fraction of sp³-hybridized carbons (Fsp3) is 0.750. The number of amides is 1. The third-order valence-corrected chi connectivity index (χ3v) is 1.72. The second-order valence-corrected chi connectivity index (χ2v) is 3.23. The van der Waals surface area contributed by atoms with E-state index in [1.54, 1.807) is 0 Å². The maximum absolute atomic E-state index is 10.9. The number of rotatable bonds is 7. The first-order chi connectivity index (χ1) is 7.10. The van der Waals surface area contributed by atoms with E-state index >= 15 is 0 Å². The van der Waals surface area contributed by atoms with Crippen LogP contribution in [-0.4, -0.2) is 47.9 Å². The van der Waals surface area contributed by atoms with Crippen LogP contribution in [0.4, 0.5) is 4.79 Å². The number of aliphatic hydroxyl groups is 1. The Morgan fingerprint density at radius 3 is 2.60 bits per heavy atom. The Bertz CT molecular complexity index is 211. The molecule has 1 atom stereocenters. The summed E-state index contributed by atoms with van der Waals surface area (Å²) in [6, 6.07) is 0. The zero-order valence-electron chi connectivity index (χ0n) is 8.11. The molecule has 0 aliphatic heterocycles. The van der Waals surface area contributed by atoms with E-state index in [1.165, 1.54) is 0 Å². The molecule has 0 heterocycles. The molecular formula is C8H14ClNO5. The average Bonchev–Trinajstić information content (AvgIpc) is 2.20. The summed E-state index contributed by atoms with van der Waals surface area (Å²) in [6.07, 6.45) is -0.869. The molecule has 0 fully saturated rings. The molecule has 88 valence electrons. The Hall–Kier alpha value is -1.01. The van der Waals surface area contributed by atoms with Crippen LogP contribution in [0.25, 0.3) is 0 Å². The van der Waals surface area contributed by atoms with Gasteiger partial charge in [0.1, 0.15) is 6.61 Å². The van der Waals surface area contributed by atoms with E-state index in [9.17, 15) is 9.59 Å². The predicted octanol–water partition coefficient (Wildman–Crippen LogP) is 0.0346. The molecule has 0 aliphatic carbocycles. The first kappa shape index (κ1) is 14.0. The van der Waals surface area contributed by atoms with Crippen molar-refractivity contribution in [3.63, 3.8) is 0 Å². The minimum atomic E-state index is -1.02. The fourth-order valence-corrected chi connectivity index (χ4v) is 0.935. The number of ether oxygens (including phenoxy) is 1. The first-order valence-electron chi connectivity index (χ1n) is 4.39. The van der Waals surface area contributed by atoms with E-state index in [0.717, 1.165) is 0 Å². The van der Waals surface area contributed by atoms with Crippen LogP contribution in [-0.2, 0) is 9.53 Å². The van der Waals surface area contributed by atoms with E-state index in [-0.39, 0.29) is 32.1 Å². The molecule has 15 heavy (non-hydrogen) atoms. The normalized spacial score (nSPS) is 11.9. The molecule has 0 radical (unpaired) electrons. The van der Waals surface area contributed by atoms with Gasteiger partial charge in [-0.1, -0.05) is 0 Å². The molecular weight excluding hydrogens is 226 g/mol. The number of carbonyl (C=O) groups is 2. The van der Waals surface area contributed by atoms with Crippen molar-refractivity contribution in [3.05, 3.63) is 0 Å². The molecule has 7 heteroatoms. The number of halogens is 1. The maximum Gasteiger partial charge on any atom is 0.407 e. The summed E-state index contributed by atoms with van der Waals surface area (Å²) in [4.78, 5) is 21.2. The van der Waals surface area contributed by atoms with Crippen molar-refractivity contribution in [1.29, 1.82) is 0 Å². The standard InChI is InChI=1S/C8H14ClNO5/c9-1-2-15-8(14)10-4-6(5-11)3-7(12)13/h6,11H,1-5H2,(H,10,14)(H,12,13). The van der Waals surface area contributed by atoms with Crippen LogP contribution >= 0.6 is 11.6 Å². The zero-order valence-corrected chi connectivity index (χ0v) is 8.87. The maximum atomic E-state index is 10.9. The van der Waals surface area contributed by atoms with Crippen molar-refractivity contribution in [2.45, 2.75) is 6.42 Å². The lowest BCUT2D eigenvalue weighted by Crippen LogP contribution is -2.32. The van der Waals surface area contributed by atoms with Gasteiger partial charge in [0, 0.05) is 19.1 Å². The molecule has 1 unspecified atom stereocenters. The van der Waals surface area contributed by atoms with E-state index in [4.69, 9.17) is 21.8 Å². The van der Waals surface area contributed by atoms with Gasteiger partial charge in [-0.05, 0) is 0 Å². The van der Waals surface area contributed by atoms with E-state index in [0.29, 0.717) is 0 Å². The highest BCUT2D eigenvalue weighted by Gasteiger charge is 2.13. The smallest absolute Gasteiger partial charge is 0.407 e. The molecule has 1 amide bonds. The van der Waals surface area contributed by atoms with Crippen molar-refractivity contribution in [2.24, 2.45) is 5.92 Å². The number of alkyl carbamates (subject to hydrolysis) is 1. The fourth-order valence-electron chi connectivity index (χ4n) is 0.858. The number of carboxylic acid groups (broad SMARTS) is 1. The monoisotopic (exact) mass is 239 g/mol. The van der Waals surface area contributed by atoms with Gasteiger partial charge in [0.2, 0.25) is 0 Å². The molecule has 0 saturated heterocycles. The highest BCUT2D eigenvalue weighted by Crippen LogP contribution is 2.00. The van der Waals surface area contributed by atoms with Crippen molar-refractivity contribution in [3.8, 4) is 0 Å². The van der Waals surface area contributed by atoms with Gasteiger partial charge in [0.25, 0.3) is 0 Å². The van der Waals surface area contributed by atoms with Gasteiger partial charge in [-0.3, -0.25) is 4.79 Å². The van der Waals surface area contributed by atoms with Gasteiger partial charge in [0.15, 0.2) is 0 Å². The Balaban J connectivity index is 3.69. The van der Waals surface area contributed by atoms with Crippen LogP contribution in [0.15, 0.2) is 0 Å². The molecule has 3 N–H and O–H groups in total. The summed E-state index contributed by atoms with van der Waals surface area (Å²) >= 11 is 5.28. The first-order valence-corrected chi connectivity index (χ1v) is 4.92. The van der Waals surface area contributed by atoms with Gasteiger partial charge < -0.3 is 20.3 Å². The van der Waals surface area contributed by atoms with Crippen LogP contribution in [0.5, 0.6) is 0 Å². The summed E-state index contributed by atoms with van der Waals surface area (Å²) in [5.74, 6) is -1.33. The third-order valence-electron chi connectivity index (χ3n) is 1.57. The van der Waals surface area contributed by atoms with Crippen LogP contribution in [0.3, 0.4) is 0 Å². The number of hydrogen-bond acceptors (Lipinski definition) is 4. The number of carbonyl (C=O) groups excluding carboxylic acids is 1. The van der Waals surface area contributed by atoms with Crippen LogP contribution in [0.1, 0.15) is 6.42 Å². The Morgan fingerprint density at radius 1 is 1.47 bits per heavy atom. The van der Waals surface area contributed by atoms with E-state index < -0.39 is 18.0 Å². The summed E-state index contributed by atoms with van der Waals surface area (Å²) < 4.78 is 4.58. The molecule has 0 aromatic rings. The van der Waals surface area contributed by atoms with Crippen LogP contribution in [0, 0.1) is 5.92 Å². The SMILES string of the molecule is O=C(O)CC(CO)CNC(=O)OCCCl. The quantitative estimate of drug-likeness (QED) is 0.545. The molecule has 0 rings (SSSR count). The van der Waals surface area contributed by atoms with Crippen molar-refractivity contribution in [2.75, 3.05) is 25.6 Å². The van der Waals surface area contributed by atoms with Crippen molar-refractivity contribution >= 4 is 23.7 Å². The van der Waals surface area contributed by atoms with E-state index in [1.807, 2.05) is 0 Å². The summed E-state index contributed by atoms with van der Waals surface area (Å²) in [6.45, 7) is -0.151. The minimum Gasteiger partial charge on any atom is -0.481 e. The predicted molar refractivity (Wildman–Crippen MR) is 52.9 cm³/mol. The zero-order chi connectivity index (χ0) is 11.7. The Morgan fingerprint density at radius 2 is 2.13 bits per heavy atom.